The molecule has 0 aliphatic carbocycles. The number of halogens is 5. The lowest BCUT2D eigenvalue weighted by molar-refractivity contribution is 0.100. The molecular weight excluding hydrogens is 379 g/mol. The second-order valence-electron chi connectivity index (χ2n) is 6.22. The summed E-state index contributed by atoms with van der Waals surface area (Å²) in [5.74, 6) is -10.7. The molecule has 4 rings (SSSR count). The number of carbonyl (C=O) groups is 1. The van der Waals surface area contributed by atoms with Crippen LogP contribution in [0.2, 0.25) is 0 Å². The molecule has 0 saturated heterocycles. The van der Waals surface area contributed by atoms with Gasteiger partial charge in [0.2, 0.25) is 11.7 Å². The first-order valence-corrected chi connectivity index (χ1v) is 8.13. The maximum Gasteiger partial charge on any atom is 0.249 e. The molecule has 142 valence electrons. The lowest BCUT2D eigenvalue weighted by Gasteiger charge is -2.11. The van der Waals surface area contributed by atoms with E-state index in [9.17, 15) is 26.7 Å². The molecule has 0 fully saturated rings. The molecule has 0 radical (unpaired) electrons. The van der Waals surface area contributed by atoms with E-state index in [4.69, 9.17) is 5.73 Å². The van der Waals surface area contributed by atoms with E-state index in [1.54, 1.807) is 30.3 Å². The Kier molecular flexibility index (Phi) is 4.06. The van der Waals surface area contributed by atoms with Gasteiger partial charge in [-0.15, -0.1) is 0 Å². The Labute approximate surface area is 154 Å². The van der Waals surface area contributed by atoms with E-state index in [0.717, 1.165) is 0 Å². The van der Waals surface area contributed by atoms with E-state index in [1.165, 1.54) is 16.7 Å². The first kappa shape index (κ1) is 18.0. The average Bonchev–Trinajstić information content (AvgIpc) is 3.02. The smallest absolute Gasteiger partial charge is 0.249 e. The third-order valence-electron chi connectivity index (χ3n) is 4.68. The van der Waals surface area contributed by atoms with Gasteiger partial charge in [0.15, 0.2) is 23.3 Å². The Hall–Kier alpha value is -3.42. The molecule has 3 aromatic carbocycles. The second kappa shape index (κ2) is 6.33. The molecule has 28 heavy (non-hydrogen) atoms. The van der Waals surface area contributed by atoms with Crippen LogP contribution in [-0.4, -0.2) is 10.5 Å². The standard InChI is InChI=1S/C20H11F5N2O/c21-15-11(16(22)18(24)19(25)17(15)23)8-27-12-6-2-1-4-9(12)14-10(20(26)28)5-3-7-13(14)27/h1-7H,8H2,(H2,26,28). The summed E-state index contributed by atoms with van der Waals surface area (Å²) < 4.78 is 70.3. The highest BCUT2D eigenvalue weighted by Gasteiger charge is 2.27. The van der Waals surface area contributed by atoms with E-state index in [1.807, 2.05) is 0 Å². The summed E-state index contributed by atoms with van der Waals surface area (Å²) in [6.45, 7) is -0.627. The van der Waals surface area contributed by atoms with Gasteiger partial charge < -0.3 is 10.3 Å². The van der Waals surface area contributed by atoms with Gasteiger partial charge in [0.05, 0.1) is 12.1 Å². The van der Waals surface area contributed by atoms with Crippen LogP contribution in [0.25, 0.3) is 21.8 Å². The number of rotatable bonds is 3. The fourth-order valence-corrected chi connectivity index (χ4v) is 3.42. The molecule has 2 N–H and O–H groups in total. The fraction of sp³-hybridized carbons (Fsp3) is 0.0500. The molecule has 1 amide bonds. The van der Waals surface area contributed by atoms with Crippen LogP contribution < -0.4 is 5.73 Å². The number of benzene rings is 3. The van der Waals surface area contributed by atoms with Crippen LogP contribution in [0.15, 0.2) is 42.5 Å². The Morgan fingerprint density at radius 1 is 0.786 bits per heavy atom. The summed E-state index contributed by atoms with van der Waals surface area (Å²) >= 11 is 0. The highest BCUT2D eigenvalue weighted by atomic mass is 19.2. The van der Waals surface area contributed by atoms with Crippen LogP contribution in [0.4, 0.5) is 22.0 Å². The normalized spacial score (nSPS) is 11.5. The summed E-state index contributed by atoms with van der Waals surface area (Å²) in [6, 6.07) is 11.2. The SMILES string of the molecule is NC(=O)c1cccc2c1c1ccccc1n2Cc1c(F)c(F)c(F)c(F)c1F. The van der Waals surface area contributed by atoms with Gasteiger partial charge in [0, 0.05) is 27.4 Å². The molecule has 0 spiro atoms. The number of nitrogens with zero attached hydrogens (tertiary/aromatic N) is 1. The Morgan fingerprint density at radius 2 is 1.36 bits per heavy atom. The van der Waals surface area contributed by atoms with Crippen molar-refractivity contribution in [3.63, 3.8) is 0 Å². The predicted molar refractivity (Wildman–Crippen MR) is 93.3 cm³/mol. The molecule has 4 aromatic rings. The molecule has 0 aliphatic rings. The zero-order valence-electron chi connectivity index (χ0n) is 14.1. The molecular formula is C20H11F5N2O. The average molecular weight is 390 g/mol. The predicted octanol–water partition coefficient (Wildman–Crippen LogP) is 4.64. The summed E-state index contributed by atoms with van der Waals surface area (Å²) in [4.78, 5) is 11.8. The molecule has 0 bridgehead atoms. The van der Waals surface area contributed by atoms with Crippen LogP contribution in [-0.2, 0) is 6.54 Å². The highest BCUT2D eigenvalue weighted by Crippen LogP contribution is 2.33. The highest BCUT2D eigenvalue weighted by molar-refractivity contribution is 6.17. The first-order valence-electron chi connectivity index (χ1n) is 8.13. The minimum atomic E-state index is -2.21. The third kappa shape index (κ3) is 2.45. The van der Waals surface area contributed by atoms with Gasteiger partial charge in [0.25, 0.3) is 0 Å². The van der Waals surface area contributed by atoms with Crippen LogP contribution in [0.5, 0.6) is 0 Å². The van der Waals surface area contributed by atoms with Crippen molar-refractivity contribution < 1.29 is 26.7 Å². The van der Waals surface area contributed by atoms with Crippen molar-refractivity contribution in [1.29, 1.82) is 0 Å². The molecule has 3 nitrogen and oxygen atoms in total. The summed E-state index contributed by atoms with van der Waals surface area (Å²) in [5.41, 5.74) is 5.47. The van der Waals surface area contributed by atoms with E-state index in [2.05, 4.69) is 0 Å². The van der Waals surface area contributed by atoms with Crippen molar-refractivity contribution in [1.82, 2.24) is 4.57 Å². The minimum absolute atomic E-state index is 0.185. The maximum atomic E-state index is 14.2. The van der Waals surface area contributed by atoms with Crippen molar-refractivity contribution in [2.45, 2.75) is 6.54 Å². The lowest BCUT2D eigenvalue weighted by Crippen LogP contribution is -2.12. The van der Waals surface area contributed by atoms with Crippen molar-refractivity contribution >= 4 is 27.7 Å². The quantitative estimate of drug-likeness (QED) is 0.309. The number of para-hydroxylation sites is 1. The Balaban J connectivity index is 2.06. The molecule has 0 aliphatic heterocycles. The molecule has 0 saturated carbocycles. The summed E-state index contributed by atoms with van der Waals surface area (Å²) in [6.07, 6.45) is 0. The van der Waals surface area contributed by atoms with Crippen molar-refractivity contribution in [3.8, 4) is 0 Å². The van der Waals surface area contributed by atoms with Crippen molar-refractivity contribution in [2.75, 3.05) is 0 Å². The Bertz CT molecular complexity index is 1250. The zero-order chi connectivity index (χ0) is 20.2. The van der Waals surface area contributed by atoms with Gasteiger partial charge in [-0.05, 0) is 18.2 Å². The van der Waals surface area contributed by atoms with Crippen LogP contribution in [0.1, 0.15) is 15.9 Å². The number of hydrogen-bond donors (Lipinski definition) is 1. The molecule has 0 atom stereocenters. The Morgan fingerprint density at radius 3 is 2.00 bits per heavy atom. The van der Waals surface area contributed by atoms with Crippen LogP contribution >= 0.6 is 0 Å². The van der Waals surface area contributed by atoms with Gasteiger partial charge in [0.1, 0.15) is 0 Å². The van der Waals surface area contributed by atoms with Gasteiger partial charge in [-0.1, -0.05) is 24.3 Å². The fourth-order valence-electron chi connectivity index (χ4n) is 3.42. The van der Waals surface area contributed by atoms with Crippen molar-refractivity contribution in [3.05, 3.63) is 82.7 Å². The van der Waals surface area contributed by atoms with Gasteiger partial charge in [-0.25, -0.2) is 22.0 Å². The summed E-state index contributed by atoms with van der Waals surface area (Å²) in [7, 11) is 0. The van der Waals surface area contributed by atoms with E-state index in [0.29, 0.717) is 21.8 Å². The number of hydrogen-bond acceptors (Lipinski definition) is 1. The third-order valence-corrected chi connectivity index (χ3v) is 4.68. The van der Waals surface area contributed by atoms with Gasteiger partial charge >= 0.3 is 0 Å². The number of primary amides is 1. The summed E-state index contributed by atoms with van der Waals surface area (Å²) in [5, 5.41) is 1.00. The molecule has 1 aromatic heterocycles. The molecule has 8 heteroatoms. The second-order valence-corrected chi connectivity index (χ2v) is 6.22. The number of aromatic nitrogens is 1. The van der Waals surface area contributed by atoms with Gasteiger partial charge in [-0.2, -0.15) is 0 Å². The lowest BCUT2D eigenvalue weighted by atomic mass is 10.1. The van der Waals surface area contributed by atoms with Crippen LogP contribution in [0, 0.1) is 29.1 Å². The number of fused-ring (bicyclic) bond motifs is 3. The maximum absolute atomic E-state index is 14.2. The minimum Gasteiger partial charge on any atom is -0.366 e. The van der Waals surface area contributed by atoms with E-state index < -0.39 is 47.1 Å². The monoisotopic (exact) mass is 390 g/mol. The van der Waals surface area contributed by atoms with E-state index in [-0.39, 0.29) is 5.56 Å². The molecule has 1 heterocycles. The largest absolute Gasteiger partial charge is 0.366 e. The van der Waals surface area contributed by atoms with E-state index >= 15 is 0 Å². The topological polar surface area (TPSA) is 48.0 Å². The van der Waals surface area contributed by atoms with Crippen LogP contribution in [0.3, 0.4) is 0 Å². The molecule has 0 unspecified atom stereocenters. The number of nitrogens with two attached hydrogens (primary N) is 1. The zero-order valence-corrected chi connectivity index (χ0v) is 14.1. The number of carbonyl (C=O) groups excluding carboxylic acids is 1. The number of amides is 1. The first-order chi connectivity index (χ1) is 13.3. The van der Waals surface area contributed by atoms with Gasteiger partial charge in [-0.3, -0.25) is 4.79 Å². The van der Waals surface area contributed by atoms with Crippen molar-refractivity contribution in [2.24, 2.45) is 5.73 Å².